The quantitative estimate of drug-likeness (QED) is 0.659. The molecule has 1 radical (unpaired) electrons. The van der Waals surface area contributed by atoms with Crippen LogP contribution in [0, 0.1) is 0 Å². The molecule has 0 fully saturated rings. The van der Waals surface area contributed by atoms with Gasteiger partial charge in [-0.15, -0.1) is 0 Å². The third-order valence-electron chi connectivity index (χ3n) is 3.29. The smallest absolute Gasteiger partial charge is 0.278 e. The molecule has 0 heterocycles. The molecule has 0 unspecified atom stereocenters. The van der Waals surface area contributed by atoms with Crippen LogP contribution >= 0.6 is 0 Å². The normalized spacial score (nSPS) is 13.9. The van der Waals surface area contributed by atoms with Crippen molar-refractivity contribution in [1.82, 2.24) is 0 Å². The number of benzene rings is 1. The third-order valence-corrected chi connectivity index (χ3v) is 8.66. The number of rotatable bonds is 1. The predicted molar refractivity (Wildman–Crippen MR) is 71.9 cm³/mol. The van der Waals surface area contributed by atoms with Crippen molar-refractivity contribution in [2.75, 3.05) is 0 Å². The van der Waals surface area contributed by atoms with Gasteiger partial charge in [-0.25, -0.2) is 0 Å². The Morgan fingerprint density at radius 1 is 0.812 bits per heavy atom. The van der Waals surface area contributed by atoms with Crippen molar-refractivity contribution in [3.05, 3.63) is 30.3 Å². The van der Waals surface area contributed by atoms with Crippen LogP contribution in [0.25, 0.3) is 0 Å². The SMILES string of the molecule is CC(C)(C)[Si]([O])(c1ccccc1)C(C)(C)C. The van der Waals surface area contributed by atoms with Gasteiger partial charge in [0.25, 0.3) is 8.32 Å². The Labute approximate surface area is 101 Å². The zero-order valence-corrected chi connectivity index (χ0v) is 12.3. The summed E-state index contributed by atoms with van der Waals surface area (Å²) in [6.07, 6.45) is 0. The first-order chi connectivity index (χ1) is 7.11. The van der Waals surface area contributed by atoms with Crippen LogP contribution in [0.5, 0.6) is 0 Å². The molecule has 0 saturated heterocycles. The maximum absolute atomic E-state index is 13.5. The third kappa shape index (κ3) is 2.09. The lowest BCUT2D eigenvalue weighted by Gasteiger charge is -2.45. The van der Waals surface area contributed by atoms with Crippen LogP contribution in [-0.4, -0.2) is 8.32 Å². The van der Waals surface area contributed by atoms with Gasteiger partial charge in [0.15, 0.2) is 0 Å². The molecule has 2 heteroatoms. The summed E-state index contributed by atoms with van der Waals surface area (Å²) in [5.41, 5.74) is 0. The lowest BCUT2D eigenvalue weighted by Crippen LogP contribution is -2.60. The second kappa shape index (κ2) is 4.01. The Balaban J connectivity index is 3.39. The Hall–Kier alpha value is -0.603. The summed E-state index contributed by atoms with van der Waals surface area (Å²) in [6, 6.07) is 9.95. The van der Waals surface area contributed by atoms with Crippen LogP contribution in [0.15, 0.2) is 30.3 Å². The molecular weight excluding hydrogens is 212 g/mol. The topological polar surface area (TPSA) is 19.9 Å². The summed E-state index contributed by atoms with van der Waals surface area (Å²) in [6.45, 7) is 12.5. The van der Waals surface area contributed by atoms with Gasteiger partial charge >= 0.3 is 0 Å². The van der Waals surface area contributed by atoms with Gasteiger partial charge in [0.1, 0.15) is 0 Å². The van der Waals surface area contributed by atoms with E-state index in [4.69, 9.17) is 0 Å². The van der Waals surface area contributed by atoms with E-state index in [1.54, 1.807) is 0 Å². The van der Waals surface area contributed by atoms with Crippen molar-refractivity contribution >= 4 is 13.5 Å². The predicted octanol–water partition coefficient (Wildman–Crippen LogP) is 3.87. The molecule has 16 heavy (non-hydrogen) atoms. The van der Waals surface area contributed by atoms with E-state index >= 15 is 0 Å². The van der Waals surface area contributed by atoms with Gasteiger partial charge in [0.05, 0.1) is 0 Å². The Morgan fingerprint density at radius 2 is 1.19 bits per heavy atom. The highest BCUT2D eigenvalue weighted by Gasteiger charge is 2.56. The van der Waals surface area contributed by atoms with E-state index in [0.29, 0.717) is 0 Å². The maximum Gasteiger partial charge on any atom is 0.278 e. The molecule has 1 nitrogen and oxygen atoms in total. The second-order valence-corrected chi connectivity index (χ2v) is 11.5. The van der Waals surface area contributed by atoms with Crippen molar-refractivity contribution in [2.45, 2.75) is 51.6 Å². The molecule has 0 aromatic heterocycles. The maximum atomic E-state index is 13.5. The number of hydrogen-bond acceptors (Lipinski definition) is 0. The van der Waals surface area contributed by atoms with Crippen LogP contribution in [0.1, 0.15) is 41.5 Å². The first kappa shape index (κ1) is 13.5. The minimum atomic E-state index is -2.78. The molecule has 1 rings (SSSR count). The van der Waals surface area contributed by atoms with Crippen molar-refractivity contribution in [3.8, 4) is 0 Å². The molecule has 0 aliphatic heterocycles. The first-order valence-electron chi connectivity index (χ1n) is 5.86. The zero-order valence-electron chi connectivity index (χ0n) is 11.3. The summed E-state index contributed by atoms with van der Waals surface area (Å²) >= 11 is 0. The Bertz CT molecular complexity index is 329. The van der Waals surface area contributed by atoms with E-state index in [1.807, 2.05) is 30.3 Å². The first-order valence-corrected chi connectivity index (χ1v) is 7.77. The highest BCUT2D eigenvalue weighted by atomic mass is 28.4. The van der Waals surface area contributed by atoms with Crippen LogP contribution in [-0.2, 0) is 4.80 Å². The van der Waals surface area contributed by atoms with E-state index in [2.05, 4.69) is 41.5 Å². The highest BCUT2D eigenvalue weighted by molar-refractivity contribution is 6.89. The van der Waals surface area contributed by atoms with E-state index in [9.17, 15) is 4.80 Å². The molecule has 0 saturated carbocycles. The average molecular weight is 235 g/mol. The van der Waals surface area contributed by atoms with E-state index in [0.717, 1.165) is 5.19 Å². The second-order valence-electron chi connectivity index (χ2n) is 6.55. The number of hydrogen-bond donors (Lipinski definition) is 0. The van der Waals surface area contributed by atoms with Gasteiger partial charge in [-0.3, -0.25) is 4.80 Å². The van der Waals surface area contributed by atoms with E-state index in [-0.39, 0.29) is 10.1 Å². The van der Waals surface area contributed by atoms with Crippen molar-refractivity contribution in [2.24, 2.45) is 0 Å². The lowest BCUT2D eigenvalue weighted by atomic mass is 10.2. The summed E-state index contributed by atoms with van der Waals surface area (Å²) in [7, 11) is -2.78. The molecule has 89 valence electrons. The van der Waals surface area contributed by atoms with E-state index in [1.165, 1.54) is 0 Å². The molecular formula is C14H23OSi. The van der Waals surface area contributed by atoms with Crippen LogP contribution < -0.4 is 5.19 Å². The Morgan fingerprint density at radius 3 is 1.50 bits per heavy atom. The van der Waals surface area contributed by atoms with Gasteiger partial charge in [-0.1, -0.05) is 71.9 Å². The molecule has 0 amide bonds. The summed E-state index contributed by atoms with van der Waals surface area (Å²) in [5.74, 6) is 0. The molecule has 0 N–H and O–H groups in total. The minimum absolute atomic E-state index is 0.174. The molecule has 1 aromatic rings. The molecule has 0 bridgehead atoms. The zero-order chi connectivity index (χ0) is 12.6. The molecule has 1 aromatic carbocycles. The van der Waals surface area contributed by atoms with Gasteiger partial charge < -0.3 is 0 Å². The average Bonchev–Trinajstić information content (AvgIpc) is 2.14. The molecule has 0 aliphatic carbocycles. The summed E-state index contributed by atoms with van der Waals surface area (Å²) < 4.78 is 0. The Kier molecular flexibility index (Phi) is 3.37. The standard InChI is InChI=1S/C14H23OSi/c1-13(2,3)16(15,14(4,5)6)12-10-8-7-9-11-12/h7-11H,1-6H3. The summed E-state index contributed by atoms with van der Waals surface area (Å²) in [5, 5.41) is 0.675. The molecule has 0 spiro atoms. The van der Waals surface area contributed by atoms with Crippen LogP contribution in [0.3, 0.4) is 0 Å². The molecule has 0 atom stereocenters. The fourth-order valence-electron chi connectivity index (χ4n) is 2.66. The van der Waals surface area contributed by atoms with Crippen molar-refractivity contribution in [3.63, 3.8) is 0 Å². The van der Waals surface area contributed by atoms with Gasteiger partial charge in [-0.05, 0) is 15.3 Å². The van der Waals surface area contributed by atoms with Gasteiger partial charge in [0, 0.05) is 0 Å². The fraction of sp³-hybridized carbons (Fsp3) is 0.571. The van der Waals surface area contributed by atoms with E-state index < -0.39 is 8.32 Å². The van der Waals surface area contributed by atoms with Crippen LogP contribution in [0.2, 0.25) is 10.1 Å². The largest absolute Gasteiger partial charge is 0.290 e. The van der Waals surface area contributed by atoms with Crippen molar-refractivity contribution < 1.29 is 4.80 Å². The highest BCUT2D eigenvalue weighted by Crippen LogP contribution is 2.49. The van der Waals surface area contributed by atoms with Gasteiger partial charge in [0.2, 0.25) is 0 Å². The van der Waals surface area contributed by atoms with Gasteiger partial charge in [-0.2, -0.15) is 0 Å². The minimum Gasteiger partial charge on any atom is -0.290 e. The lowest BCUT2D eigenvalue weighted by molar-refractivity contribution is 0.351. The summed E-state index contributed by atoms with van der Waals surface area (Å²) in [4.78, 5) is 13.5. The monoisotopic (exact) mass is 235 g/mol. The van der Waals surface area contributed by atoms with Crippen LogP contribution in [0.4, 0.5) is 0 Å². The fourth-order valence-corrected chi connectivity index (χ4v) is 7.31. The molecule has 0 aliphatic rings. The van der Waals surface area contributed by atoms with Crippen molar-refractivity contribution in [1.29, 1.82) is 0 Å².